The lowest BCUT2D eigenvalue weighted by Gasteiger charge is -2.31. The van der Waals surface area contributed by atoms with Gasteiger partial charge < -0.3 is 14.7 Å². The molecule has 3 unspecified atom stereocenters. The Kier molecular flexibility index (Phi) is 6.34. The van der Waals surface area contributed by atoms with Crippen LogP contribution < -0.4 is 4.74 Å². The number of carboxylic acids is 1. The lowest BCUT2D eigenvalue weighted by Crippen LogP contribution is -2.42. The number of methoxy groups -OCH3 is 1. The number of carbonyl (C=O) groups excluding carboxylic acids is 1. The first kappa shape index (κ1) is 22.4. The number of likely N-dealkylation sites (tertiary alicyclic amines) is 1. The number of amides is 1. The number of ether oxygens (including phenoxy) is 1. The van der Waals surface area contributed by atoms with Crippen molar-refractivity contribution in [3.05, 3.63) is 88.9 Å². The normalized spacial score (nSPS) is 19.7. The molecular formula is C26H21ClN2O4. The van der Waals surface area contributed by atoms with Gasteiger partial charge >= 0.3 is 5.97 Å². The van der Waals surface area contributed by atoms with Gasteiger partial charge in [-0.25, -0.2) is 4.79 Å². The number of hydrogen-bond donors (Lipinski definition) is 1. The Labute approximate surface area is 196 Å². The van der Waals surface area contributed by atoms with E-state index in [2.05, 4.69) is 6.07 Å². The largest absolute Gasteiger partial charge is 0.496 e. The molecule has 0 bridgehead atoms. The Bertz CT molecular complexity index is 1240. The van der Waals surface area contributed by atoms with Crippen LogP contribution in [0.4, 0.5) is 0 Å². The Hall–Kier alpha value is -3.82. The SMILES string of the molecule is COc1cccc(-c2ccccc2)c1C(=O)N1C(C(=O)O)CC(C#N)C1c1ccccc1Cl. The first-order chi connectivity index (χ1) is 16.0. The van der Waals surface area contributed by atoms with E-state index in [1.165, 1.54) is 12.0 Å². The molecule has 1 fully saturated rings. The lowest BCUT2D eigenvalue weighted by molar-refractivity contribution is -0.141. The summed E-state index contributed by atoms with van der Waals surface area (Å²) in [6.07, 6.45) is 0.00326. The summed E-state index contributed by atoms with van der Waals surface area (Å²) >= 11 is 6.44. The van der Waals surface area contributed by atoms with Crippen molar-refractivity contribution < 1.29 is 19.4 Å². The summed E-state index contributed by atoms with van der Waals surface area (Å²) in [6, 6.07) is 21.6. The van der Waals surface area contributed by atoms with Gasteiger partial charge in [-0.2, -0.15) is 5.26 Å². The number of rotatable bonds is 5. The summed E-state index contributed by atoms with van der Waals surface area (Å²) in [5.74, 6) is -2.11. The zero-order chi connectivity index (χ0) is 23.5. The number of nitrogens with zero attached hydrogens (tertiary/aromatic N) is 2. The standard InChI is InChI=1S/C26H21ClN2O4/c1-33-22-13-7-11-18(16-8-3-2-4-9-16)23(22)25(30)29-21(26(31)32)14-17(15-28)24(29)19-10-5-6-12-20(19)27/h2-13,17,21,24H,14H2,1H3,(H,31,32). The number of benzene rings is 3. The van der Waals surface area contributed by atoms with E-state index >= 15 is 0 Å². The van der Waals surface area contributed by atoms with Gasteiger partial charge in [-0.3, -0.25) is 4.79 Å². The third kappa shape index (κ3) is 4.04. The molecule has 1 N–H and O–H groups in total. The molecule has 4 rings (SSSR count). The van der Waals surface area contributed by atoms with Crippen molar-refractivity contribution in [2.24, 2.45) is 5.92 Å². The summed E-state index contributed by atoms with van der Waals surface area (Å²) in [6.45, 7) is 0. The minimum atomic E-state index is -1.18. The number of hydrogen-bond acceptors (Lipinski definition) is 4. The molecule has 3 aromatic carbocycles. The average molecular weight is 461 g/mol. The van der Waals surface area contributed by atoms with Crippen molar-refractivity contribution in [1.29, 1.82) is 5.26 Å². The van der Waals surface area contributed by atoms with Gasteiger partial charge in [0.1, 0.15) is 11.8 Å². The van der Waals surface area contributed by atoms with Crippen LogP contribution in [0.2, 0.25) is 5.02 Å². The third-order valence-corrected chi connectivity index (χ3v) is 6.29. The molecule has 3 atom stereocenters. The van der Waals surface area contributed by atoms with Crippen LogP contribution in [0.1, 0.15) is 28.4 Å². The number of halogens is 1. The summed E-state index contributed by atoms with van der Waals surface area (Å²) in [5, 5.41) is 20.2. The molecule has 0 radical (unpaired) electrons. The molecule has 0 saturated carbocycles. The van der Waals surface area contributed by atoms with Crippen LogP contribution in [0.25, 0.3) is 11.1 Å². The zero-order valence-corrected chi connectivity index (χ0v) is 18.6. The first-order valence-corrected chi connectivity index (χ1v) is 10.8. The highest BCUT2D eigenvalue weighted by Gasteiger charge is 2.49. The number of carbonyl (C=O) groups is 2. The van der Waals surface area contributed by atoms with Crippen LogP contribution >= 0.6 is 11.6 Å². The molecule has 6 nitrogen and oxygen atoms in total. The minimum Gasteiger partial charge on any atom is -0.496 e. The number of carboxylic acid groups (broad SMARTS) is 1. The number of aliphatic carboxylic acids is 1. The second kappa shape index (κ2) is 9.35. The van der Waals surface area contributed by atoms with E-state index in [4.69, 9.17) is 16.3 Å². The average Bonchev–Trinajstić information content (AvgIpc) is 3.23. The Balaban J connectivity index is 1.92. The molecule has 1 aliphatic rings. The van der Waals surface area contributed by atoms with Crippen molar-refractivity contribution >= 4 is 23.5 Å². The van der Waals surface area contributed by atoms with Crippen molar-refractivity contribution in [2.45, 2.75) is 18.5 Å². The van der Waals surface area contributed by atoms with E-state index in [9.17, 15) is 20.0 Å². The summed E-state index contributed by atoms with van der Waals surface area (Å²) in [5.41, 5.74) is 2.19. The van der Waals surface area contributed by atoms with Crippen molar-refractivity contribution in [1.82, 2.24) is 4.90 Å². The fourth-order valence-corrected chi connectivity index (χ4v) is 4.72. The second-order valence-electron chi connectivity index (χ2n) is 7.75. The van der Waals surface area contributed by atoms with E-state index in [0.717, 1.165) is 5.56 Å². The molecule has 0 spiro atoms. The predicted molar refractivity (Wildman–Crippen MR) is 124 cm³/mol. The smallest absolute Gasteiger partial charge is 0.326 e. The lowest BCUT2D eigenvalue weighted by atomic mass is 9.93. The molecule has 1 aliphatic heterocycles. The summed E-state index contributed by atoms with van der Waals surface area (Å²) < 4.78 is 5.52. The maximum atomic E-state index is 14.1. The summed E-state index contributed by atoms with van der Waals surface area (Å²) in [7, 11) is 1.46. The predicted octanol–water partition coefficient (Wildman–Crippen LogP) is 5.20. The monoisotopic (exact) mass is 460 g/mol. The second-order valence-corrected chi connectivity index (χ2v) is 8.16. The molecule has 166 valence electrons. The van der Waals surface area contributed by atoms with Gasteiger partial charge in [-0.05, 0) is 35.2 Å². The molecule has 1 amide bonds. The van der Waals surface area contributed by atoms with E-state index in [0.29, 0.717) is 21.9 Å². The molecule has 33 heavy (non-hydrogen) atoms. The number of nitriles is 1. The Morgan fingerprint density at radius 3 is 2.39 bits per heavy atom. The van der Waals surface area contributed by atoms with Crippen LogP contribution in [0.5, 0.6) is 5.75 Å². The van der Waals surface area contributed by atoms with Gasteiger partial charge in [0.05, 0.1) is 30.7 Å². The minimum absolute atomic E-state index is 0.00326. The quantitative estimate of drug-likeness (QED) is 0.565. The summed E-state index contributed by atoms with van der Waals surface area (Å²) in [4.78, 5) is 27.6. The fraction of sp³-hybridized carbons (Fsp3) is 0.192. The van der Waals surface area contributed by atoms with Gasteiger partial charge in [0.2, 0.25) is 0 Å². The van der Waals surface area contributed by atoms with Crippen molar-refractivity contribution in [3.63, 3.8) is 0 Å². The van der Waals surface area contributed by atoms with Crippen LogP contribution in [-0.2, 0) is 4.79 Å². The molecule has 3 aromatic rings. The highest BCUT2D eigenvalue weighted by Crippen LogP contribution is 2.45. The van der Waals surface area contributed by atoms with Gasteiger partial charge in [0, 0.05) is 5.02 Å². The fourth-order valence-electron chi connectivity index (χ4n) is 4.47. The van der Waals surface area contributed by atoms with Crippen molar-refractivity contribution in [2.75, 3.05) is 7.11 Å². The molecule has 0 aliphatic carbocycles. The van der Waals surface area contributed by atoms with E-state index in [-0.39, 0.29) is 12.0 Å². The highest BCUT2D eigenvalue weighted by molar-refractivity contribution is 6.31. The van der Waals surface area contributed by atoms with Gasteiger partial charge in [-0.15, -0.1) is 0 Å². The van der Waals surface area contributed by atoms with Gasteiger partial charge in [-0.1, -0.05) is 72.3 Å². The Morgan fingerprint density at radius 2 is 1.76 bits per heavy atom. The van der Waals surface area contributed by atoms with E-state index in [1.807, 2.05) is 30.3 Å². The molecule has 1 saturated heterocycles. The molecule has 0 aromatic heterocycles. The maximum absolute atomic E-state index is 14.1. The highest BCUT2D eigenvalue weighted by atomic mass is 35.5. The Morgan fingerprint density at radius 1 is 1.06 bits per heavy atom. The van der Waals surface area contributed by atoms with Gasteiger partial charge in [0.15, 0.2) is 0 Å². The molecular weight excluding hydrogens is 440 g/mol. The van der Waals surface area contributed by atoms with Crippen molar-refractivity contribution in [3.8, 4) is 22.9 Å². The van der Waals surface area contributed by atoms with Gasteiger partial charge in [0.25, 0.3) is 5.91 Å². The molecule has 1 heterocycles. The first-order valence-electron chi connectivity index (χ1n) is 10.4. The van der Waals surface area contributed by atoms with E-state index in [1.54, 1.807) is 42.5 Å². The van der Waals surface area contributed by atoms with Crippen LogP contribution in [0.15, 0.2) is 72.8 Å². The zero-order valence-electron chi connectivity index (χ0n) is 17.8. The van der Waals surface area contributed by atoms with E-state index < -0.39 is 29.9 Å². The van der Waals surface area contributed by atoms with Crippen LogP contribution in [-0.4, -0.2) is 35.0 Å². The third-order valence-electron chi connectivity index (χ3n) is 5.95. The topological polar surface area (TPSA) is 90.6 Å². The molecule has 7 heteroatoms. The van der Waals surface area contributed by atoms with Crippen LogP contribution in [0, 0.1) is 17.2 Å². The maximum Gasteiger partial charge on any atom is 0.326 e. The van der Waals surface area contributed by atoms with Crippen LogP contribution in [0.3, 0.4) is 0 Å².